The predicted molar refractivity (Wildman–Crippen MR) is 90.1 cm³/mol. The molecule has 0 aliphatic carbocycles. The van der Waals surface area contributed by atoms with Crippen LogP contribution in [0.3, 0.4) is 0 Å². The summed E-state index contributed by atoms with van der Waals surface area (Å²) in [6.07, 6.45) is 1.81. The highest BCUT2D eigenvalue weighted by Crippen LogP contribution is 2.25. The molecule has 1 N–H and O–H groups in total. The summed E-state index contributed by atoms with van der Waals surface area (Å²) >= 11 is 3.32. The second-order valence-corrected chi connectivity index (χ2v) is 7.49. The molecule has 0 aliphatic heterocycles. The third kappa shape index (κ3) is 3.86. The molecule has 3 nitrogen and oxygen atoms in total. The highest BCUT2D eigenvalue weighted by Gasteiger charge is 2.18. The second kappa shape index (κ2) is 6.62. The first-order valence-corrected chi connectivity index (χ1v) is 9.08. The molecule has 0 radical (unpaired) electrons. The van der Waals surface area contributed by atoms with Crippen LogP contribution in [0.15, 0.2) is 51.8 Å². The van der Waals surface area contributed by atoms with E-state index in [1.54, 1.807) is 25.1 Å². The van der Waals surface area contributed by atoms with Gasteiger partial charge in [0.15, 0.2) is 0 Å². The minimum atomic E-state index is -3.59. The van der Waals surface area contributed by atoms with E-state index in [-0.39, 0.29) is 0 Å². The van der Waals surface area contributed by atoms with Crippen LogP contribution in [0.25, 0.3) is 0 Å². The van der Waals surface area contributed by atoms with Gasteiger partial charge in [0.05, 0.1) is 10.6 Å². The zero-order chi connectivity index (χ0) is 15.5. The van der Waals surface area contributed by atoms with E-state index in [0.29, 0.717) is 10.6 Å². The monoisotopic (exact) mass is 367 g/mol. The zero-order valence-electron chi connectivity index (χ0n) is 12.1. The van der Waals surface area contributed by atoms with Crippen LogP contribution >= 0.6 is 15.9 Å². The van der Waals surface area contributed by atoms with Crippen LogP contribution in [0.4, 0.5) is 5.69 Å². The highest BCUT2D eigenvalue weighted by atomic mass is 79.9. The van der Waals surface area contributed by atoms with Crippen LogP contribution in [-0.4, -0.2) is 8.42 Å². The Labute approximate surface area is 134 Å². The van der Waals surface area contributed by atoms with Crippen molar-refractivity contribution in [1.82, 2.24) is 0 Å². The maximum atomic E-state index is 12.6. The number of anilines is 1. The van der Waals surface area contributed by atoms with Gasteiger partial charge in [0.2, 0.25) is 0 Å². The quantitative estimate of drug-likeness (QED) is 0.844. The molecule has 5 heteroatoms. The summed E-state index contributed by atoms with van der Waals surface area (Å²) in [5.74, 6) is 0. The number of aryl methyl sites for hydroxylation is 2. The lowest BCUT2D eigenvalue weighted by molar-refractivity contribution is 0.600. The number of para-hydroxylation sites is 1. The number of benzene rings is 2. The summed E-state index contributed by atoms with van der Waals surface area (Å²) in [4.78, 5) is 0.295. The Kier molecular flexibility index (Phi) is 5.06. The van der Waals surface area contributed by atoms with E-state index in [1.165, 1.54) is 0 Å². The Morgan fingerprint density at radius 1 is 1.14 bits per heavy atom. The van der Waals surface area contributed by atoms with Gasteiger partial charge in [-0.2, -0.15) is 0 Å². The number of hydrogen-bond donors (Lipinski definition) is 1. The largest absolute Gasteiger partial charge is 0.279 e. The van der Waals surface area contributed by atoms with Crippen molar-refractivity contribution in [2.45, 2.75) is 31.6 Å². The van der Waals surface area contributed by atoms with Crippen molar-refractivity contribution >= 4 is 31.6 Å². The first-order chi connectivity index (χ1) is 9.94. The lowest BCUT2D eigenvalue weighted by Gasteiger charge is -2.14. The molecule has 2 aromatic carbocycles. The molecule has 0 amide bonds. The molecule has 21 heavy (non-hydrogen) atoms. The molecular formula is C16H18BrNO2S. The van der Waals surface area contributed by atoms with Crippen molar-refractivity contribution in [3.63, 3.8) is 0 Å². The van der Waals surface area contributed by atoms with Crippen molar-refractivity contribution < 1.29 is 8.42 Å². The number of hydrogen-bond acceptors (Lipinski definition) is 2. The van der Waals surface area contributed by atoms with Gasteiger partial charge in [0.1, 0.15) is 0 Å². The molecule has 2 rings (SSSR count). The zero-order valence-corrected chi connectivity index (χ0v) is 14.5. The van der Waals surface area contributed by atoms with Gasteiger partial charge in [-0.1, -0.05) is 53.5 Å². The van der Waals surface area contributed by atoms with E-state index in [0.717, 1.165) is 28.4 Å². The molecule has 0 aromatic heterocycles. The van der Waals surface area contributed by atoms with Crippen LogP contribution in [-0.2, 0) is 16.4 Å². The van der Waals surface area contributed by atoms with Crippen LogP contribution in [0.1, 0.15) is 24.5 Å². The van der Waals surface area contributed by atoms with Gasteiger partial charge in [-0.15, -0.1) is 0 Å². The van der Waals surface area contributed by atoms with Gasteiger partial charge >= 0.3 is 0 Å². The normalized spacial score (nSPS) is 11.4. The van der Waals surface area contributed by atoms with Crippen LogP contribution in [0.2, 0.25) is 0 Å². The average Bonchev–Trinajstić information content (AvgIpc) is 2.43. The Balaban J connectivity index is 2.40. The topological polar surface area (TPSA) is 46.2 Å². The van der Waals surface area contributed by atoms with Crippen molar-refractivity contribution in [1.29, 1.82) is 0 Å². The number of rotatable bonds is 5. The predicted octanol–water partition coefficient (Wildman–Crippen LogP) is 4.51. The molecule has 0 saturated heterocycles. The van der Waals surface area contributed by atoms with Gasteiger partial charge in [-0.3, -0.25) is 4.72 Å². The van der Waals surface area contributed by atoms with Crippen molar-refractivity contribution in [3.05, 3.63) is 58.1 Å². The van der Waals surface area contributed by atoms with Crippen molar-refractivity contribution in [2.24, 2.45) is 0 Å². The second-order valence-electron chi connectivity index (χ2n) is 4.92. The third-order valence-corrected chi connectivity index (χ3v) is 5.22. The molecule has 2 aromatic rings. The maximum absolute atomic E-state index is 12.6. The molecular weight excluding hydrogens is 350 g/mol. The van der Waals surface area contributed by atoms with Gasteiger partial charge < -0.3 is 0 Å². The van der Waals surface area contributed by atoms with Crippen LogP contribution < -0.4 is 4.72 Å². The minimum Gasteiger partial charge on any atom is -0.279 e. The van der Waals surface area contributed by atoms with Gasteiger partial charge in [-0.25, -0.2) is 8.42 Å². The SMILES string of the molecule is CCCc1ccccc1NS(=O)(=O)c1cc(Br)ccc1C. The van der Waals surface area contributed by atoms with Gasteiger partial charge in [0, 0.05) is 4.47 Å². The number of nitrogens with one attached hydrogen (secondary N) is 1. The smallest absolute Gasteiger partial charge is 0.262 e. The van der Waals surface area contributed by atoms with Gasteiger partial charge in [0.25, 0.3) is 10.0 Å². The molecule has 0 spiro atoms. The first kappa shape index (κ1) is 16.0. The Morgan fingerprint density at radius 2 is 1.86 bits per heavy atom. The van der Waals surface area contributed by atoms with E-state index < -0.39 is 10.0 Å². The van der Waals surface area contributed by atoms with E-state index in [9.17, 15) is 8.42 Å². The highest BCUT2D eigenvalue weighted by molar-refractivity contribution is 9.10. The van der Waals surface area contributed by atoms with Crippen LogP contribution in [0.5, 0.6) is 0 Å². The molecule has 0 aliphatic rings. The lowest BCUT2D eigenvalue weighted by Crippen LogP contribution is -2.15. The summed E-state index contributed by atoms with van der Waals surface area (Å²) in [7, 11) is -3.59. The van der Waals surface area contributed by atoms with E-state index in [2.05, 4.69) is 27.6 Å². The summed E-state index contributed by atoms with van der Waals surface area (Å²) in [5.41, 5.74) is 2.38. The van der Waals surface area contributed by atoms with E-state index in [4.69, 9.17) is 0 Å². The molecule has 112 valence electrons. The molecule has 0 unspecified atom stereocenters. The van der Waals surface area contributed by atoms with Crippen LogP contribution in [0, 0.1) is 6.92 Å². The summed E-state index contributed by atoms with van der Waals surface area (Å²) < 4.78 is 28.7. The summed E-state index contributed by atoms with van der Waals surface area (Å²) in [6.45, 7) is 3.86. The summed E-state index contributed by atoms with van der Waals surface area (Å²) in [5, 5.41) is 0. The third-order valence-electron chi connectivity index (χ3n) is 3.22. The Morgan fingerprint density at radius 3 is 2.57 bits per heavy atom. The summed E-state index contributed by atoms with van der Waals surface area (Å²) in [6, 6.07) is 12.8. The minimum absolute atomic E-state index is 0.295. The first-order valence-electron chi connectivity index (χ1n) is 6.81. The molecule has 0 fully saturated rings. The Hall–Kier alpha value is -1.33. The fraction of sp³-hybridized carbons (Fsp3) is 0.250. The molecule has 0 bridgehead atoms. The lowest BCUT2D eigenvalue weighted by atomic mass is 10.1. The molecule has 0 heterocycles. The van der Waals surface area contributed by atoms with Gasteiger partial charge in [-0.05, 0) is 42.7 Å². The maximum Gasteiger partial charge on any atom is 0.262 e. The fourth-order valence-corrected chi connectivity index (χ4v) is 4.06. The number of sulfonamides is 1. The number of halogens is 1. The van der Waals surface area contributed by atoms with Crippen molar-refractivity contribution in [3.8, 4) is 0 Å². The average molecular weight is 368 g/mol. The van der Waals surface area contributed by atoms with E-state index >= 15 is 0 Å². The fourth-order valence-electron chi connectivity index (χ4n) is 2.17. The molecule has 0 atom stereocenters. The van der Waals surface area contributed by atoms with Crippen molar-refractivity contribution in [2.75, 3.05) is 4.72 Å². The standard InChI is InChI=1S/C16H18BrNO2S/c1-3-6-13-7-4-5-8-15(13)18-21(19,20)16-11-14(17)10-9-12(16)2/h4-5,7-11,18H,3,6H2,1-2H3. The Bertz CT molecular complexity index is 742. The molecule has 0 saturated carbocycles. The van der Waals surface area contributed by atoms with E-state index in [1.807, 2.05) is 24.3 Å².